The third-order valence-electron chi connectivity index (χ3n) is 4.53. The van der Waals surface area contributed by atoms with Crippen molar-refractivity contribution in [2.75, 3.05) is 0 Å². The molecular formula is C22H31ClO2. The molecular weight excluding hydrogens is 332 g/mol. The first-order chi connectivity index (χ1) is 12.0. The molecule has 0 spiro atoms. The van der Waals surface area contributed by atoms with Crippen LogP contribution in [0.25, 0.3) is 0 Å². The van der Waals surface area contributed by atoms with Crippen LogP contribution in [0.1, 0.15) is 51.5 Å². The lowest BCUT2D eigenvalue weighted by Gasteiger charge is -2.17. The lowest BCUT2D eigenvalue weighted by molar-refractivity contribution is 0.113. The van der Waals surface area contributed by atoms with Gasteiger partial charge in [-0.05, 0) is 69.1 Å². The van der Waals surface area contributed by atoms with E-state index in [-0.39, 0.29) is 11.9 Å². The molecule has 2 atom stereocenters. The van der Waals surface area contributed by atoms with Gasteiger partial charge in [0.2, 0.25) is 0 Å². The molecule has 0 aromatic heterocycles. The van der Waals surface area contributed by atoms with Gasteiger partial charge in [0.15, 0.2) is 0 Å². The lowest BCUT2D eigenvalue weighted by Crippen LogP contribution is -2.16. The van der Waals surface area contributed by atoms with Crippen LogP contribution in [0.2, 0.25) is 0 Å². The number of halogens is 1. The maximum Gasteiger partial charge on any atom is 0.115 e. The summed E-state index contributed by atoms with van der Waals surface area (Å²) in [7, 11) is 0. The molecule has 0 saturated heterocycles. The topological polar surface area (TPSA) is 40.5 Å². The summed E-state index contributed by atoms with van der Waals surface area (Å²) in [6.45, 7) is 7.92. The van der Waals surface area contributed by atoms with E-state index in [1.807, 2.05) is 12.1 Å². The highest BCUT2D eigenvalue weighted by Gasteiger charge is 2.11. The minimum absolute atomic E-state index is 0.280. The molecule has 0 aliphatic carbocycles. The predicted molar refractivity (Wildman–Crippen MR) is 108 cm³/mol. The average Bonchev–Trinajstić information content (AvgIpc) is 2.60. The first kappa shape index (κ1) is 21.5. The van der Waals surface area contributed by atoms with E-state index in [4.69, 9.17) is 11.6 Å². The van der Waals surface area contributed by atoms with Gasteiger partial charge in [0.1, 0.15) is 5.75 Å². The minimum Gasteiger partial charge on any atom is -0.508 e. The van der Waals surface area contributed by atoms with E-state index in [2.05, 4.69) is 26.5 Å². The maximum atomic E-state index is 9.92. The van der Waals surface area contributed by atoms with E-state index < -0.39 is 0 Å². The van der Waals surface area contributed by atoms with Crippen LogP contribution in [-0.4, -0.2) is 16.3 Å². The third kappa shape index (κ3) is 8.94. The summed E-state index contributed by atoms with van der Waals surface area (Å²) in [5, 5.41) is 19.3. The smallest absolute Gasteiger partial charge is 0.115 e. The van der Waals surface area contributed by atoms with Crippen LogP contribution >= 0.6 is 11.6 Å². The number of allylic oxidation sites excluding steroid dienone is 3. The summed E-state index contributed by atoms with van der Waals surface area (Å²) in [5.41, 5.74) is 5.30. The van der Waals surface area contributed by atoms with Gasteiger partial charge in [-0.15, -0.1) is 6.58 Å². The fourth-order valence-electron chi connectivity index (χ4n) is 2.74. The number of aliphatic hydroxyl groups excluding tert-OH is 1. The van der Waals surface area contributed by atoms with Crippen molar-refractivity contribution in [3.8, 4) is 5.75 Å². The quantitative estimate of drug-likeness (QED) is 0.464. The van der Waals surface area contributed by atoms with Crippen LogP contribution in [-0.2, 0) is 6.42 Å². The van der Waals surface area contributed by atoms with Gasteiger partial charge in [0.05, 0.1) is 6.10 Å². The van der Waals surface area contributed by atoms with Gasteiger partial charge in [-0.2, -0.15) is 0 Å². The number of phenolic OH excluding ortho intramolecular Hbond substituents is 1. The SMILES string of the molecule is C=CCC(O)C(C)CCC/C(C)=C/C/C(=C/Cl)Cc1ccc(O)cc1. The first-order valence-electron chi connectivity index (χ1n) is 8.96. The van der Waals surface area contributed by atoms with Crippen molar-refractivity contribution in [3.63, 3.8) is 0 Å². The molecule has 0 fully saturated rings. The van der Waals surface area contributed by atoms with Gasteiger partial charge in [0, 0.05) is 5.54 Å². The molecule has 2 unspecified atom stereocenters. The van der Waals surface area contributed by atoms with E-state index in [0.29, 0.717) is 12.3 Å². The Labute approximate surface area is 157 Å². The Hall–Kier alpha value is -1.51. The average molecular weight is 363 g/mol. The lowest BCUT2D eigenvalue weighted by atomic mass is 9.94. The number of phenols is 1. The van der Waals surface area contributed by atoms with Crippen molar-refractivity contribution in [3.05, 3.63) is 65.2 Å². The van der Waals surface area contributed by atoms with Crippen LogP contribution in [0.5, 0.6) is 5.75 Å². The number of aromatic hydroxyl groups is 1. The van der Waals surface area contributed by atoms with Crippen molar-refractivity contribution in [1.82, 2.24) is 0 Å². The standard InChI is InChI=1S/C22H31ClO2/c1-4-6-22(25)18(3)8-5-7-17(2)9-10-20(16-23)15-19-11-13-21(24)14-12-19/h4,9,11-14,16,18,22,24-25H,1,5-8,10,15H2,2-3H3/b17-9+,20-16-. The Morgan fingerprint density at radius 1 is 1.28 bits per heavy atom. The Kier molecular flexibility index (Phi) is 10.3. The molecule has 0 amide bonds. The molecule has 0 heterocycles. The number of benzene rings is 1. The number of rotatable bonds is 11. The predicted octanol–water partition coefficient (Wildman–Crippen LogP) is 6.14. The van der Waals surface area contributed by atoms with Crippen LogP contribution in [0.3, 0.4) is 0 Å². The highest BCUT2D eigenvalue weighted by molar-refractivity contribution is 6.25. The molecule has 1 aromatic carbocycles. The van der Waals surface area contributed by atoms with Gasteiger partial charge in [-0.3, -0.25) is 0 Å². The summed E-state index contributed by atoms with van der Waals surface area (Å²) >= 11 is 5.97. The van der Waals surface area contributed by atoms with E-state index >= 15 is 0 Å². The van der Waals surface area contributed by atoms with Crippen molar-refractivity contribution < 1.29 is 10.2 Å². The Balaban J connectivity index is 2.39. The molecule has 2 N–H and O–H groups in total. The van der Waals surface area contributed by atoms with Crippen LogP contribution < -0.4 is 0 Å². The monoisotopic (exact) mass is 362 g/mol. The van der Waals surface area contributed by atoms with Gasteiger partial charge in [-0.25, -0.2) is 0 Å². The minimum atomic E-state index is -0.280. The zero-order chi connectivity index (χ0) is 18.7. The highest BCUT2D eigenvalue weighted by atomic mass is 35.5. The zero-order valence-electron chi connectivity index (χ0n) is 15.4. The van der Waals surface area contributed by atoms with Crippen LogP contribution in [0, 0.1) is 5.92 Å². The largest absolute Gasteiger partial charge is 0.508 e. The third-order valence-corrected chi connectivity index (χ3v) is 4.84. The van der Waals surface area contributed by atoms with Crippen molar-refractivity contribution in [2.45, 2.75) is 58.5 Å². The van der Waals surface area contributed by atoms with Crippen molar-refractivity contribution in [2.24, 2.45) is 5.92 Å². The van der Waals surface area contributed by atoms with Gasteiger partial charge in [-0.1, -0.05) is 54.0 Å². The zero-order valence-corrected chi connectivity index (χ0v) is 16.2. The number of hydrogen-bond donors (Lipinski definition) is 2. The second-order valence-electron chi connectivity index (χ2n) is 6.83. The highest BCUT2D eigenvalue weighted by Crippen LogP contribution is 2.20. The van der Waals surface area contributed by atoms with Crippen molar-refractivity contribution >= 4 is 11.6 Å². The van der Waals surface area contributed by atoms with Gasteiger partial charge in [0.25, 0.3) is 0 Å². The molecule has 2 nitrogen and oxygen atoms in total. The normalized spacial score (nSPS) is 15.0. The van der Waals surface area contributed by atoms with E-state index in [0.717, 1.165) is 43.2 Å². The fraction of sp³-hybridized carbons (Fsp3) is 0.455. The van der Waals surface area contributed by atoms with Gasteiger partial charge >= 0.3 is 0 Å². The Morgan fingerprint density at radius 2 is 1.96 bits per heavy atom. The van der Waals surface area contributed by atoms with E-state index in [1.165, 1.54) is 5.57 Å². The molecule has 0 saturated carbocycles. The summed E-state index contributed by atoms with van der Waals surface area (Å²) in [4.78, 5) is 0. The Bertz CT molecular complexity index is 572. The summed E-state index contributed by atoms with van der Waals surface area (Å²) in [5.74, 6) is 0.585. The van der Waals surface area contributed by atoms with E-state index in [9.17, 15) is 10.2 Å². The number of aliphatic hydroxyl groups is 1. The second-order valence-corrected chi connectivity index (χ2v) is 7.04. The van der Waals surface area contributed by atoms with E-state index in [1.54, 1.807) is 23.7 Å². The molecule has 0 aliphatic rings. The summed E-state index contributed by atoms with van der Waals surface area (Å²) < 4.78 is 0. The second kappa shape index (κ2) is 11.9. The van der Waals surface area contributed by atoms with Crippen LogP contribution in [0.15, 0.2) is 59.7 Å². The molecule has 1 aromatic rings. The molecule has 138 valence electrons. The summed E-state index contributed by atoms with van der Waals surface area (Å²) in [6, 6.07) is 7.24. The first-order valence-corrected chi connectivity index (χ1v) is 9.40. The summed E-state index contributed by atoms with van der Waals surface area (Å²) in [6.07, 6.45) is 9.17. The van der Waals surface area contributed by atoms with Crippen molar-refractivity contribution in [1.29, 1.82) is 0 Å². The number of hydrogen-bond acceptors (Lipinski definition) is 2. The maximum absolute atomic E-state index is 9.92. The molecule has 1 rings (SSSR count). The molecule has 25 heavy (non-hydrogen) atoms. The van der Waals surface area contributed by atoms with Gasteiger partial charge < -0.3 is 10.2 Å². The van der Waals surface area contributed by atoms with Crippen LogP contribution in [0.4, 0.5) is 0 Å². The molecule has 0 bridgehead atoms. The molecule has 0 radical (unpaired) electrons. The molecule has 3 heteroatoms. The molecule has 0 aliphatic heterocycles. The Morgan fingerprint density at radius 3 is 2.56 bits per heavy atom. The fourth-order valence-corrected chi connectivity index (χ4v) is 2.90.